The molecule has 0 aliphatic heterocycles. The lowest BCUT2D eigenvalue weighted by molar-refractivity contribution is -0.125. The van der Waals surface area contributed by atoms with Crippen molar-refractivity contribution in [3.05, 3.63) is 34.3 Å². The zero-order valence-corrected chi connectivity index (χ0v) is 8.62. The molecular weight excluding hydrogens is 229 g/mol. The van der Waals surface area contributed by atoms with Crippen LogP contribution in [0.2, 0.25) is 5.02 Å². The van der Waals surface area contributed by atoms with Crippen LogP contribution in [0.15, 0.2) is 18.2 Å². The van der Waals surface area contributed by atoms with E-state index in [0.717, 1.165) is 0 Å². The first kappa shape index (κ1) is 12.0. The van der Waals surface area contributed by atoms with Crippen LogP contribution in [0.4, 0.5) is 13.2 Å². The number of benzene rings is 1. The quantitative estimate of drug-likeness (QED) is 0.714. The Balaban J connectivity index is 2.96. The average molecular weight is 237 g/mol. The second-order valence-corrected chi connectivity index (χ2v) is 3.61. The number of hydrogen-bond acceptors (Lipinski definition) is 1. The van der Waals surface area contributed by atoms with Crippen LogP contribution in [0.1, 0.15) is 22.3 Å². The Morgan fingerprint density at radius 1 is 1.40 bits per heavy atom. The molecule has 0 N–H and O–H groups in total. The van der Waals surface area contributed by atoms with Crippen molar-refractivity contribution >= 4 is 17.4 Å². The Morgan fingerprint density at radius 3 is 2.53 bits per heavy atom. The van der Waals surface area contributed by atoms with Gasteiger partial charge in [0.2, 0.25) is 0 Å². The molecule has 0 aromatic heterocycles. The summed E-state index contributed by atoms with van der Waals surface area (Å²) >= 11 is 5.63. The number of halogens is 4. The SMILES string of the molecule is Cc1ccc(Cl)c(C(=O)CC(F)(F)F)c1. The molecule has 0 radical (unpaired) electrons. The predicted molar refractivity (Wildman–Crippen MR) is 51.2 cm³/mol. The number of aryl methyl sites for hydroxylation is 1. The molecule has 1 nitrogen and oxygen atoms in total. The summed E-state index contributed by atoms with van der Waals surface area (Å²) in [6, 6.07) is 4.41. The molecule has 82 valence electrons. The first-order valence-corrected chi connectivity index (χ1v) is 4.53. The zero-order valence-electron chi connectivity index (χ0n) is 7.86. The molecule has 0 saturated heterocycles. The molecule has 0 unspecified atom stereocenters. The number of hydrogen-bond donors (Lipinski definition) is 0. The summed E-state index contributed by atoms with van der Waals surface area (Å²) in [6.07, 6.45) is -5.97. The second-order valence-electron chi connectivity index (χ2n) is 3.20. The molecule has 0 aliphatic carbocycles. The van der Waals surface area contributed by atoms with Crippen LogP contribution in [-0.4, -0.2) is 12.0 Å². The highest BCUT2D eigenvalue weighted by Crippen LogP contribution is 2.25. The van der Waals surface area contributed by atoms with Crippen molar-refractivity contribution in [2.24, 2.45) is 0 Å². The highest BCUT2D eigenvalue weighted by molar-refractivity contribution is 6.34. The maximum Gasteiger partial charge on any atom is 0.396 e. The van der Waals surface area contributed by atoms with Gasteiger partial charge in [-0.05, 0) is 19.1 Å². The molecule has 0 amide bonds. The van der Waals surface area contributed by atoms with E-state index in [4.69, 9.17) is 11.6 Å². The van der Waals surface area contributed by atoms with E-state index >= 15 is 0 Å². The molecule has 0 fully saturated rings. The molecule has 0 bridgehead atoms. The van der Waals surface area contributed by atoms with Crippen molar-refractivity contribution in [3.8, 4) is 0 Å². The molecule has 5 heteroatoms. The summed E-state index contributed by atoms with van der Waals surface area (Å²) in [5.41, 5.74) is 0.624. The predicted octanol–water partition coefficient (Wildman–Crippen LogP) is 3.78. The first-order valence-electron chi connectivity index (χ1n) is 4.16. The monoisotopic (exact) mass is 236 g/mol. The highest BCUT2D eigenvalue weighted by Gasteiger charge is 2.32. The van der Waals surface area contributed by atoms with Gasteiger partial charge in [0.1, 0.15) is 6.42 Å². The lowest BCUT2D eigenvalue weighted by Crippen LogP contribution is -2.15. The average Bonchev–Trinajstić information content (AvgIpc) is 2.06. The summed E-state index contributed by atoms with van der Waals surface area (Å²) in [6.45, 7) is 1.68. The van der Waals surface area contributed by atoms with Gasteiger partial charge in [0.05, 0.1) is 5.02 Å². The van der Waals surface area contributed by atoms with Crippen molar-refractivity contribution in [2.45, 2.75) is 19.5 Å². The molecular formula is C10H8ClF3O. The Bertz CT molecular complexity index is 385. The number of Topliss-reactive ketones (excluding diaryl/α,β-unsaturated/α-hetero) is 1. The lowest BCUT2D eigenvalue weighted by atomic mass is 10.1. The van der Waals surface area contributed by atoms with E-state index in [-0.39, 0.29) is 10.6 Å². The van der Waals surface area contributed by atoms with E-state index in [9.17, 15) is 18.0 Å². The number of rotatable bonds is 2. The fourth-order valence-corrected chi connectivity index (χ4v) is 1.35. The summed E-state index contributed by atoms with van der Waals surface area (Å²) in [5, 5.41) is 0.0508. The molecule has 0 spiro atoms. The van der Waals surface area contributed by atoms with Crippen LogP contribution in [0.5, 0.6) is 0 Å². The Kier molecular flexibility index (Phi) is 3.39. The van der Waals surface area contributed by atoms with Gasteiger partial charge in [0.25, 0.3) is 0 Å². The van der Waals surface area contributed by atoms with E-state index in [0.29, 0.717) is 5.56 Å². The maximum atomic E-state index is 12.0. The van der Waals surface area contributed by atoms with E-state index in [1.165, 1.54) is 12.1 Å². The zero-order chi connectivity index (χ0) is 11.6. The van der Waals surface area contributed by atoms with Crippen molar-refractivity contribution in [1.29, 1.82) is 0 Å². The van der Waals surface area contributed by atoms with Gasteiger partial charge < -0.3 is 0 Å². The summed E-state index contributed by atoms with van der Waals surface area (Å²) in [7, 11) is 0. The molecule has 1 aromatic rings. The van der Waals surface area contributed by atoms with Gasteiger partial charge in [-0.1, -0.05) is 23.2 Å². The third kappa shape index (κ3) is 3.55. The Hall–Kier alpha value is -1.03. The summed E-state index contributed by atoms with van der Waals surface area (Å²) in [5.74, 6) is -1.00. The minimum atomic E-state index is -4.50. The van der Waals surface area contributed by atoms with E-state index in [1.807, 2.05) is 0 Å². The van der Waals surface area contributed by atoms with Crippen molar-refractivity contribution < 1.29 is 18.0 Å². The number of alkyl halides is 3. The molecule has 1 rings (SSSR count). The van der Waals surface area contributed by atoms with Gasteiger partial charge in [-0.2, -0.15) is 13.2 Å². The Morgan fingerprint density at radius 2 is 2.00 bits per heavy atom. The van der Waals surface area contributed by atoms with Crippen LogP contribution in [0, 0.1) is 6.92 Å². The highest BCUT2D eigenvalue weighted by atomic mass is 35.5. The van der Waals surface area contributed by atoms with Crippen LogP contribution >= 0.6 is 11.6 Å². The van der Waals surface area contributed by atoms with E-state index < -0.39 is 18.4 Å². The minimum Gasteiger partial charge on any atom is -0.294 e. The number of carbonyl (C=O) groups is 1. The topological polar surface area (TPSA) is 17.1 Å². The third-order valence-corrected chi connectivity index (χ3v) is 2.11. The van der Waals surface area contributed by atoms with Crippen LogP contribution in [-0.2, 0) is 0 Å². The Labute approximate surface area is 89.9 Å². The first-order chi connectivity index (χ1) is 6.79. The molecule has 1 aromatic carbocycles. The summed E-state index contributed by atoms with van der Waals surface area (Å²) in [4.78, 5) is 11.2. The van der Waals surface area contributed by atoms with Gasteiger partial charge in [-0.3, -0.25) is 4.79 Å². The normalized spacial score (nSPS) is 11.5. The van der Waals surface area contributed by atoms with Crippen molar-refractivity contribution in [3.63, 3.8) is 0 Å². The van der Waals surface area contributed by atoms with Gasteiger partial charge in [0, 0.05) is 5.56 Å². The maximum absolute atomic E-state index is 12.0. The molecule has 0 saturated carbocycles. The standard InChI is InChI=1S/C10H8ClF3O/c1-6-2-3-8(11)7(4-6)9(15)5-10(12,13)14/h2-4H,5H2,1H3. The van der Waals surface area contributed by atoms with Crippen LogP contribution in [0.25, 0.3) is 0 Å². The fourth-order valence-electron chi connectivity index (χ4n) is 1.13. The third-order valence-electron chi connectivity index (χ3n) is 1.78. The molecule has 0 heterocycles. The van der Waals surface area contributed by atoms with Gasteiger partial charge in [-0.15, -0.1) is 0 Å². The van der Waals surface area contributed by atoms with Crippen molar-refractivity contribution in [2.75, 3.05) is 0 Å². The fraction of sp³-hybridized carbons (Fsp3) is 0.300. The minimum absolute atomic E-state index is 0.0508. The molecule has 15 heavy (non-hydrogen) atoms. The van der Waals surface area contributed by atoms with Crippen LogP contribution < -0.4 is 0 Å². The van der Waals surface area contributed by atoms with Gasteiger partial charge in [-0.25, -0.2) is 0 Å². The van der Waals surface area contributed by atoms with Gasteiger partial charge >= 0.3 is 6.18 Å². The van der Waals surface area contributed by atoms with E-state index in [2.05, 4.69) is 0 Å². The molecule has 0 atom stereocenters. The number of carbonyl (C=O) groups excluding carboxylic acids is 1. The van der Waals surface area contributed by atoms with Crippen LogP contribution in [0.3, 0.4) is 0 Å². The smallest absolute Gasteiger partial charge is 0.294 e. The largest absolute Gasteiger partial charge is 0.396 e. The lowest BCUT2D eigenvalue weighted by Gasteiger charge is -2.07. The van der Waals surface area contributed by atoms with Crippen molar-refractivity contribution in [1.82, 2.24) is 0 Å². The second kappa shape index (κ2) is 4.23. The number of ketones is 1. The van der Waals surface area contributed by atoms with E-state index in [1.54, 1.807) is 13.0 Å². The van der Waals surface area contributed by atoms with Gasteiger partial charge in [0.15, 0.2) is 5.78 Å². The summed E-state index contributed by atoms with van der Waals surface area (Å²) < 4.78 is 35.9. The molecule has 0 aliphatic rings.